The van der Waals surface area contributed by atoms with Gasteiger partial charge in [0, 0.05) is 11.4 Å². The summed E-state index contributed by atoms with van der Waals surface area (Å²) in [4.78, 5) is 27.1. The summed E-state index contributed by atoms with van der Waals surface area (Å²) in [6, 6.07) is 7.19. The lowest BCUT2D eigenvalue weighted by molar-refractivity contribution is -0.143. The summed E-state index contributed by atoms with van der Waals surface area (Å²) in [7, 11) is 0. The van der Waals surface area contributed by atoms with Crippen molar-refractivity contribution in [2.75, 3.05) is 6.54 Å². The maximum atomic E-state index is 13.1. The van der Waals surface area contributed by atoms with E-state index >= 15 is 0 Å². The first-order valence-electron chi connectivity index (χ1n) is 7.87. The summed E-state index contributed by atoms with van der Waals surface area (Å²) in [6.45, 7) is 2.37. The lowest BCUT2D eigenvalue weighted by Gasteiger charge is -2.32. The Balaban J connectivity index is 1.89. The smallest absolute Gasteiger partial charge is 0.326 e. The van der Waals surface area contributed by atoms with E-state index < -0.39 is 12.0 Å². The summed E-state index contributed by atoms with van der Waals surface area (Å²) in [6.07, 6.45) is 2.14. The third-order valence-electron chi connectivity index (χ3n) is 4.28. The van der Waals surface area contributed by atoms with Gasteiger partial charge in [-0.25, -0.2) is 9.18 Å². The molecule has 1 N–H and O–H groups in total. The molecule has 6 heteroatoms. The number of likely N-dealkylation sites (tertiary alicyclic amines) is 1. The average molecular weight is 347 g/mol. The second-order valence-electron chi connectivity index (χ2n) is 5.98. The van der Waals surface area contributed by atoms with Crippen molar-refractivity contribution in [1.29, 1.82) is 0 Å². The minimum absolute atomic E-state index is 0.233. The summed E-state index contributed by atoms with van der Waals surface area (Å²) >= 11 is 1.33. The summed E-state index contributed by atoms with van der Waals surface area (Å²) in [5.41, 5.74) is 1.78. The lowest BCUT2D eigenvalue weighted by atomic mass is 10.0. The Bertz CT molecular complexity index is 769. The van der Waals surface area contributed by atoms with Gasteiger partial charge in [0.15, 0.2) is 0 Å². The van der Waals surface area contributed by atoms with Gasteiger partial charge < -0.3 is 10.0 Å². The summed E-state index contributed by atoms with van der Waals surface area (Å²) in [5, 5.41) is 9.34. The molecule has 4 nitrogen and oxygen atoms in total. The van der Waals surface area contributed by atoms with Crippen molar-refractivity contribution in [3.05, 3.63) is 46.6 Å². The van der Waals surface area contributed by atoms with Gasteiger partial charge in [-0.3, -0.25) is 4.79 Å². The van der Waals surface area contributed by atoms with Crippen molar-refractivity contribution in [2.24, 2.45) is 0 Å². The van der Waals surface area contributed by atoms with Gasteiger partial charge >= 0.3 is 5.97 Å². The van der Waals surface area contributed by atoms with Crippen molar-refractivity contribution < 1.29 is 19.1 Å². The Labute approximate surface area is 143 Å². The highest BCUT2D eigenvalue weighted by molar-refractivity contribution is 7.17. The molecule has 1 saturated heterocycles. The first-order chi connectivity index (χ1) is 11.5. The van der Waals surface area contributed by atoms with Crippen LogP contribution in [0.5, 0.6) is 0 Å². The Morgan fingerprint density at radius 3 is 2.62 bits per heavy atom. The van der Waals surface area contributed by atoms with Gasteiger partial charge in [0.2, 0.25) is 0 Å². The minimum atomic E-state index is -0.949. The topological polar surface area (TPSA) is 57.6 Å². The van der Waals surface area contributed by atoms with E-state index in [2.05, 4.69) is 0 Å². The molecule has 0 bridgehead atoms. The fraction of sp³-hybridized carbons (Fsp3) is 0.333. The molecular formula is C18H18FNO3S. The molecule has 0 spiro atoms. The molecule has 0 saturated carbocycles. The number of thiophene rings is 1. The Hall–Kier alpha value is -2.21. The number of hydrogen-bond donors (Lipinski definition) is 1. The van der Waals surface area contributed by atoms with Gasteiger partial charge in [-0.15, -0.1) is 11.3 Å². The number of carboxylic acid groups (broad SMARTS) is 1. The average Bonchev–Trinajstić information content (AvgIpc) is 2.96. The second kappa shape index (κ2) is 6.73. The largest absolute Gasteiger partial charge is 0.480 e. The highest BCUT2D eigenvalue weighted by Crippen LogP contribution is 2.34. The molecule has 1 aromatic carbocycles. The maximum Gasteiger partial charge on any atom is 0.326 e. The maximum absolute atomic E-state index is 13.1. The van der Waals surface area contributed by atoms with E-state index in [9.17, 15) is 19.1 Å². The highest BCUT2D eigenvalue weighted by Gasteiger charge is 2.33. The molecule has 3 rings (SSSR count). The van der Waals surface area contributed by atoms with Crippen LogP contribution in [0.4, 0.5) is 4.39 Å². The zero-order valence-corrected chi connectivity index (χ0v) is 14.1. The molecule has 126 valence electrons. The number of nitrogens with zero attached hydrogens (tertiary/aromatic N) is 1. The standard InChI is InChI=1S/C18H18FNO3S/c1-11-10-15(24-16(11)12-5-7-13(19)8-6-12)17(21)20-9-3-2-4-14(20)18(22)23/h5-8,10,14H,2-4,9H2,1H3,(H,22,23). The zero-order valence-electron chi connectivity index (χ0n) is 13.3. The number of aryl methyl sites for hydroxylation is 1. The van der Waals surface area contributed by atoms with E-state index in [1.165, 1.54) is 28.4 Å². The van der Waals surface area contributed by atoms with Crippen LogP contribution in [0.2, 0.25) is 0 Å². The molecule has 0 radical (unpaired) electrons. The van der Waals surface area contributed by atoms with Gasteiger partial charge in [-0.1, -0.05) is 12.1 Å². The predicted molar refractivity (Wildman–Crippen MR) is 90.8 cm³/mol. The number of carboxylic acids is 1. The number of aliphatic carboxylic acids is 1. The number of halogens is 1. The Kier molecular flexibility index (Phi) is 4.66. The number of piperidine rings is 1. The normalized spacial score (nSPS) is 17.8. The van der Waals surface area contributed by atoms with Crippen LogP contribution in [0, 0.1) is 12.7 Å². The van der Waals surface area contributed by atoms with Gasteiger partial charge in [-0.2, -0.15) is 0 Å². The van der Waals surface area contributed by atoms with Crippen LogP contribution in [0.1, 0.15) is 34.5 Å². The van der Waals surface area contributed by atoms with Gasteiger partial charge in [0.05, 0.1) is 4.88 Å². The van der Waals surface area contributed by atoms with Crippen molar-refractivity contribution in [2.45, 2.75) is 32.2 Å². The van der Waals surface area contributed by atoms with Crippen LogP contribution in [0.3, 0.4) is 0 Å². The molecule has 1 amide bonds. The molecule has 1 aromatic heterocycles. The van der Waals surface area contributed by atoms with Crippen LogP contribution in [0.15, 0.2) is 30.3 Å². The number of rotatable bonds is 3. The summed E-state index contributed by atoms with van der Waals surface area (Å²) in [5.74, 6) is -1.49. The molecule has 1 aliphatic rings. The van der Waals surface area contributed by atoms with E-state index in [0.29, 0.717) is 17.8 Å². The van der Waals surface area contributed by atoms with E-state index in [0.717, 1.165) is 28.8 Å². The fourth-order valence-electron chi connectivity index (χ4n) is 3.05. The van der Waals surface area contributed by atoms with E-state index in [4.69, 9.17) is 0 Å². The van der Waals surface area contributed by atoms with Crippen LogP contribution < -0.4 is 0 Å². The van der Waals surface area contributed by atoms with Crippen LogP contribution >= 0.6 is 11.3 Å². The Morgan fingerprint density at radius 2 is 1.96 bits per heavy atom. The van der Waals surface area contributed by atoms with Crippen LogP contribution in [0.25, 0.3) is 10.4 Å². The monoisotopic (exact) mass is 347 g/mol. The van der Waals surface area contributed by atoms with Gasteiger partial charge in [0.1, 0.15) is 11.9 Å². The summed E-state index contributed by atoms with van der Waals surface area (Å²) < 4.78 is 13.1. The lowest BCUT2D eigenvalue weighted by Crippen LogP contribution is -2.47. The second-order valence-corrected chi connectivity index (χ2v) is 7.03. The quantitative estimate of drug-likeness (QED) is 0.915. The van der Waals surface area contributed by atoms with Crippen molar-refractivity contribution in [3.8, 4) is 10.4 Å². The minimum Gasteiger partial charge on any atom is -0.480 e. The third kappa shape index (κ3) is 3.19. The number of amides is 1. The first kappa shape index (κ1) is 16.6. The molecule has 1 aliphatic heterocycles. The number of carbonyl (C=O) groups excluding carboxylic acids is 1. The van der Waals surface area contributed by atoms with Crippen molar-refractivity contribution in [1.82, 2.24) is 4.90 Å². The predicted octanol–water partition coefficient (Wildman–Crippen LogP) is 3.94. The SMILES string of the molecule is Cc1cc(C(=O)N2CCCCC2C(=O)O)sc1-c1ccc(F)cc1. The Morgan fingerprint density at radius 1 is 1.25 bits per heavy atom. The number of carbonyl (C=O) groups is 2. The third-order valence-corrected chi connectivity index (χ3v) is 5.56. The number of benzene rings is 1. The van der Waals surface area contributed by atoms with Crippen LogP contribution in [-0.4, -0.2) is 34.5 Å². The van der Waals surface area contributed by atoms with Crippen molar-refractivity contribution >= 4 is 23.2 Å². The van der Waals surface area contributed by atoms with Gasteiger partial charge in [-0.05, 0) is 55.5 Å². The molecule has 2 aromatic rings. The molecule has 0 aliphatic carbocycles. The van der Waals surface area contributed by atoms with E-state index in [-0.39, 0.29) is 11.7 Å². The van der Waals surface area contributed by atoms with Crippen molar-refractivity contribution in [3.63, 3.8) is 0 Å². The molecule has 1 unspecified atom stereocenters. The van der Waals surface area contributed by atoms with E-state index in [1.807, 2.05) is 6.92 Å². The fourth-order valence-corrected chi connectivity index (χ4v) is 4.18. The number of hydrogen-bond acceptors (Lipinski definition) is 3. The molecule has 24 heavy (non-hydrogen) atoms. The zero-order chi connectivity index (χ0) is 17.3. The first-order valence-corrected chi connectivity index (χ1v) is 8.69. The molecule has 1 fully saturated rings. The van der Waals surface area contributed by atoms with Crippen LogP contribution in [-0.2, 0) is 4.79 Å². The molecular weight excluding hydrogens is 329 g/mol. The highest BCUT2D eigenvalue weighted by atomic mass is 32.1. The molecule has 2 heterocycles. The van der Waals surface area contributed by atoms with E-state index in [1.54, 1.807) is 18.2 Å². The molecule has 1 atom stereocenters. The van der Waals surface area contributed by atoms with Gasteiger partial charge in [0.25, 0.3) is 5.91 Å².